The highest BCUT2D eigenvalue weighted by Gasteiger charge is 2.16. The zero-order valence-corrected chi connectivity index (χ0v) is 26.8. The van der Waals surface area contributed by atoms with Gasteiger partial charge >= 0.3 is 0 Å². The number of thioether (sulfide) groups is 1. The summed E-state index contributed by atoms with van der Waals surface area (Å²) in [7, 11) is 3.37. The minimum absolute atomic E-state index is 0. The fraction of sp³-hybridized carbons (Fsp3) is 0.139. The molecule has 0 saturated carbocycles. The zero-order chi connectivity index (χ0) is 29.0. The minimum atomic E-state index is 0. The number of amidine groups is 1. The molecule has 5 aromatic rings. The second-order valence-corrected chi connectivity index (χ2v) is 10.6. The van der Waals surface area contributed by atoms with Crippen LogP contribution >= 0.6 is 28.7 Å². The summed E-state index contributed by atoms with van der Waals surface area (Å²) < 4.78 is 16.8. The Bertz CT molecular complexity index is 1500. The van der Waals surface area contributed by atoms with Gasteiger partial charge in [0.25, 0.3) is 0 Å². The van der Waals surface area contributed by atoms with Crippen molar-refractivity contribution in [2.45, 2.75) is 18.8 Å². The molecule has 5 nitrogen and oxygen atoms in total. The molecule has 0 aromatic heterocycles. The molecule has 7 heteroatoms. The maximum Gasteiger partial charge on any atom is 0.165 e. The van der Waals surface area contributed by atoms with Gasteiger partial charge in [-0.2, -0.15) is 0 Å². The van der Waals surface area contributed by atoms with Crippen LogP contribution in [0.4, 0.5) is 5.69 Å². The lowest BCUT2D eigenvalue weighted by Gasteiger charge is -2.26. The molecule has 0 heterocycles. The number of hydrogen-bond donors (Lipinski definition) is 0. The first-order valence-corrected chi connectivity index (χ1v) is 14.8. The van der Waals surface area contributed by atoms with Gasteiger partial charge in [-0.15, -0.1) is 17.0 Å². The SMILES string of the molecule is Br.COc1ccc(CN(Cc2ccc(OC)cc2)C(=Nc2ccc(Oc3ccccc3)cc2)SCc2ccccc2)cc1. The average Bonchev–Trinajstić information content (AvgIpc) is 3.05. The second kappa shape index (κ2) is 16.4. The van der Waals surface area contributed by atoms with E-state index in [-0.39, 0.29) is 17.0 Å². The van der Waals surface area contributed by atoms with E-state index in [1.54, 1.807) is 26.0 Å². The number of methoxy groups -OCH3 is 2. The summed E-state index contributed by atoms with van der Waals surface area (Å²) in [6, 6.07) is 44.6. The maximum atomic E-state index is 6.00. The van der Waals surface area contributed by atoms with Crippen molar-refractivity contribution in [3.05, 3.63) is 150 Å². The highest BCUT2D eigenvalue weighted by Crippen LogP contribution is 2.28. The molecule has 0 aliphatic heterocycles. The molecular weight excluding hydrogens is 620 g/mol. The molecule has 220 valence electrons. The van der Waals surface area contributed by atoms with Crippen molar-refractivity contribution in [3.63, 3.8) is 0 Å². The van der Waals surface area contributed by atoms with Crippen LogP contribution in [0.1, 0.15) is 16.7 Å². The summed E-state index contributed by atoms with van der Waals surface area (Å²) in [5, 5.41) is 0.933. The van der Waals surface area contributed by atoms with Crippen LogP contribution in [0.5, 0.6) is 23.0 Å². The van der Waals surface area contributed by atoms with Gasteiger partial charge in [-0.25, -0.2) is 4.99 Å². The summed E-state index contributed by atoms with van der Waals surface area (Å²) >= 11 is 1.73. The van der Waals surface area contributed by atoms with Crippen LogP contribution in [0.3, 0.4) is 0 Å². The zero-order valence-electron chi connectivity index (χ0n) is 24.3. The van der Waals surface area contributed by atoms with Gasteiger partial charge in [0.1, 0.15) is 23.0 Å². The number of ether oxygens (including phenoxy) is 3. The van der Waals surface area contributed by atoms with Crippen molar-refractivity contribution in [2.75, 3.05) is 14.2 Å². The Labute approximate surface area is 268 Å². The molecule has 0 amide bonds. The van der Waals surface area contributed by atoms with E-state index in [0.717, 1.165) is 39.6 Å². The highest BCUT2D eigenvalue weighted by molar-refractivity contribution is 8.93. The molecule has 43 heavy (non-hydrogen) atoms. The molecule has 5 rings (SSSR count). The maximum absolute atomic E-state index is 6.00. The summed E-state index contributed by atoms with van der Waals surface area (Å²) in [5.74, 6) is 4.05. The summed E-state index contributed by atoms with van der Waals surface area (Å²) in [4.78, 5) is 7.51. The highest BCUT2D eigenvalue weighted by atomic mass is 79.9. The van der Waals surface area contributed by atoms with Crippen LogP contribution in [0.2, 0.25) is 0 Å². The molecule has 0 aliphatic carbocycles. The minimum Gasteiger partial charge on any atom is -0.497 e. The van der Waals surface area contributed by atoms with Crippen LogP contribution in [-0.4, -0.2) is 24.3 Å². The molecule has 0 N–H and O–H groups in total. The Hall–Kier alpha value is -4.20. The van der Waals surface area contributed by atoms with Gasteiger partial charge in [0.2, 0.25) is 0 Å². The predicted octanol–water partition coefficient (Wildman–Crippen LogP) is 9.70. The molecule has 0 fully saturated rings. The quantitative estimate of drug-likeness (QED) is 0.105. The summed E-state index contributed by atoms with van der Waals surface area (Å²) in [5.41, 5.74) is 4.45. The topological polar surface area (TPSA) is 43.3 Å². The van der Waals surface area contributed by atoms with Crippen LogP contribution in [0.15, 0.2) is 138 Å². The van der Waals surface area contributed by atoms with Crippen LogP contribution < -0.4 is 14.2 Å². The fourth-order valence-corrected chi connectivity index (χ4v) is 5.30. The molecule has 5 aromatic carbocycles. The van der Waals surface area contributed by atoms with E-state index in [4.69, 9.17) is 19.2 Å². The Morgan fingerprint density at radius 1 is 0.558 bits per heavy atom. The Morgan fingerprint density at radius 2 is 1.02 bits per heavy atom. The molecule has 0 unspecified atom stereocenters. The van der Waals surface area contributed by atoms with Crippen molar-refractivity contribution in [1.29, 1.82) is 0 Å². The van der Waals surface area contributed by atoms with E-state index < -0.39 is 0 Å². The fourth-order valence-electron chi connectivity index (χ4n) is 4.33. The van der Waals surface area contributed by atoms with Gasteiger partial charge in [-0.1, -0.05) is 84.6 Å². The number of benzene rings is 5. The molecule has 0 bridgehead atoms. The number of aliphatic imine (C=N–C) groups is 1. The number of halogens is 1. The van der Waals surface area contributed by atoms with Crippen LogP contribution in [-0.2, 0) is 18.8 Å². The largest absolute Gasteiger partial charge is 0.497 e. The van der Waals surface area contributed by atoms with E-state index >= 15 is 0 Å². The number of hydrogen-bond acceptors (Lipinski definition) is 5. The van der Waals surface area contributed by atoms with E-state index in [9.17, 15) is 0 Å². The normalized spacial score (nSPS) is 10.9. The average molecular weight is 656 g/mol. The van der Waals surface area contributed by atoms with Crippen LogP contribution in [0.25, 0.3) is 0 Å². The Kier molecular flexibility index (Phi) is 12.1. The van der Waals surface area contributed by atoms with E-state index in [1.807, 2.05) is 84.9 Å². The van der Waals surface area contributed by atoms with Crippen LogP contribution in [0, 0.1) is 0 Å². The first kappa shape index (κ1) is 31.7. The second-order valence-electron chi connectivity index (χ2n) is 9.63. The first-order chi connectivity index (χ1) is 20.7. The molecular formula is C36H35BrN2O3S. The Balaban J connectivity index is 0.00000423. The van der Waals surface area contributed by atoms with Gasteiger partial charge in [-0.3, -0.25) is 0 Å². The van der Waals surface area contributed by atoms with Crippen molar-refractivity contribution in [1.82, 2.24) is 4.90 Å². The Morgan fingerprint density at radius 3 is 1.53 bits per heavy atom. The third kappa shape index (κ3) is 9.66. The summed E-state index contributed by atoms with van der Waals surface area (Å²) in [6.45, 7) is 1.37. The van der Waals surface area contributed by atoms with Crippen molar-refractivity contribution < 1.29 is 14.2 Å². The van der Waals surface area contributed by atoms with Crippen molar-refractivity contribution >= 4 is 39.6 Å². The third-order valence-electron chi connectivity index (χ3n) is 6.59. The van der Waals surface area contributed by atoms with Gasteiger partial charge in [-0.05, 0) is 77.4 Å². The predicted molar refractivity (Wildman–Crippen MR) is 183 cm³/mol. The van der Waals surface area contributed by atoms with E-state index in [0.29, 0.717) is 13.1 Å². The van der Waals surface area contributed by atoms with Gasteiger partial charge in [0, 0.05) is 18.8 Å². The third-order valence-corrected chi connectivity index (χ3v) is 7.67. The first-order valence-electron chi connectivity index (χ1n) is 13.8. The lowest BCUT2D eigenvalue weighted by Crippen LogP contribution is -2.28. The van der Waals surface area contributed by atoms with E-state index in [1.165, 1.54) is 16.7 Å². The van der Waals surface area contributed by atoms with E-state index in [2.05, 4.69) is 53.4 Å². The standard InChI is InChI=1S/C36H34N2O3S.BrH/c1-39-32-19-13-28(14-20-32)25-38(26-29-15-21-33(40-2)22-16-29)36(42-27-30-9-5-3-6-10-30)37-31-17-23-35(24-18-31)41-34-11-7-4-8-12-34;/h3-24H,25-27H2,1-2H3;1H. The van der Waals surface area contributed by atoms with Gasteiger partial charge in [0.15, 0.2) is 5.17 Å². The molecule has 0 spiro atoms. The lowest BCUT2D eigenvalue weighted by atomic mass is 10.1. The molecule has 0 aliphatic rings. The van der Waals surface area contributed by atoms with Gasteiger partial charge in [0.05, 0.1) is 19.9 Å². The lowest BCUT2D eigenvalue weighted by molar-refractivity contribution is 0.405. The molecule has 0 radical (unpaired) electrons. The van der Waals surface area contributed by atoms with Crippen molar-refractivity contribution in [3.8, 4) is 23.0 Å². The number of nitrogens with zero attached hydrogens (tertiary/aromatic N) is 2. The summed E-state index contributed by atoms with van der Waals surface area (Å²) in [6.07, 6.45) is 0. The number of rotatable bonds is 11. The number of para-hydroxylation sites is 1. The van der Waals surface area contributed by atoms with Crippen molar-refractivity contribution in [2.24, 2.45) is 4.99 Å². The smallest absolute Gasteiger partial charge is 0.165 e. The monoisotopic (exact) mass is 654 g/mol. The molecule has 0 atom stereocenters. The molecule has 0 saturated heterocycles. The van der Waals surface area contributed by atoms with Gasteiger partial charge < -0.3 is 19.1 Å².